The summed E-state index contributed by atoms with van der Waals surface area (Å²) in [6.45, 7) is 8.96. The summed E-state index contributed by atoms with van der Waals surface area (Å²) < 4.78 is 5.63. The van der Waals surface area contributed by atoms with E-state index < -0.39 is 5.41 Å². The highest BCUT2D eigenvalue weighted by molar-refractivity contribution is 6.02. The van der Waals surface area contributed by atoms with Gasteiger partial charge in [0.05, 0.1) is 11.1 Å². The summed E-state index contributed by atoms with van der Waals surface area (Å²) in [5.41, 5.74) is 0.926. The van der Waals surface area contributed by atoms with E-state index in [0.717, 1.165) is 0 Å². The molecule has 0 fully saturated rings. The van der Waals surface area contributed by atoms with Crippen molar-refractivity contribution in [2.45, 2.75) is 34.6 Å². The highest BCUT2D eigenvalue weighted by atomic mass is 16.3. The van der Waals surface area contributed by atoms with Crippen molar-refractivity contribution in [3.8, 4) is 0 Å². The van der Waals surface area contributed by atoms with Crippen molar-refractivity contribution in [2.75, 3.05) is 5.32 Å². The Morgan fingerprint density at radius 2 is 1.85 bits per heavy atom. The van der Waals surface area contributed by atoms with Gasteiger partial charge >= 0.3 is 0 Å². The largest absolute Gasteiger partial charge is 0.461 e. The summed E-state index contributed by atoms with van der Waals surface area (Å²) >= 11 is 0. The van der Waals surface area contributed by atoms with Crippen molar-refractivity contribution in [1.29, 1.82) is 0 Å². The average Bonchev–Trinajstić information content (AvgIpc) is 2.34. The van der Waals surface area contributed by atoms with E-state index in [0.29, 0.717) is 28.0 Å². The molecule has 2 rings (SSSR count). The van der Waals surface area contributed by atoms with E-state index in [-0.39, 0.29) is 11.3 Å². The zero-order valence-corrected chi connectivity index (χ0v) is 12.5. The molecule has 1 aromatic heterocycles. The van der Waals surface area contributed by atoms with Gasteiger partial charge in [-0.25, -0.2) is 0 Å². The highest BCUT2D eigenvalue weighted by Gasteiger charge is 2.22. The van der Waals surface area contributed by atoms with E-state index in [4.69, 9.17) is 4.42 Å². The van der Waals surface area contributed by atoms with Gasteiger partial charge in [-0.2, -0.15) is 0 Å². The van der Waals surface area contributed by atoms with Gasteiger partial charge in [0, 0.05) is 11.0 Å². The van der Waals surface area contributed by atoms with Crippen molar-refractivity contribution in [2.24, 2.45) is 5.41 Å². The molecule has 0 aliphatic carbocycles. The predicted molar refractivity (Wildman–Crippen MR) is 80.0 cm³/mol. The fourth-order valence-electron chi connectivity index (χ4n) is 1.85. The van der Waals surface area contributed by atoms with Crippen LogP contribution in [0.3, 0.4) is 0 Å². The normalized spacial score (nSPS) is 11.7. The minimum atomic E-state index is -0.526. The van der Waals surface area contributed by atoms with Crippen LogP contribution in [0.1, 0.15) is 32.1 Å². The zero-order valence-electron chi connectivity index (χ0n) is 12.5. The van der Waals surface area contributed by atoms with Crippen molar-refractivity contribution < 1.29 is 9.21 Å². The van der Waals surface area contributed by atoms with Gasteiger partial charge in [0.1, 0.15) is 11.3 Å². The van der Waals surface area contributed by atoms with Crippen LogP contribution in [0, 0.1) is 19.3 Å². The molecule has 0 saturated carbocycles. The Balaban J connectivity index is 2.64. The van der Waals surface area contributed by atoms with Gasteiger partial charge in [0.15, 0.2) is 5.43 Å². The summed E-state index contributed by atoms with van der Waals surface area (Å²) in [5.74, 6) is 0.462. The molecule has 0 radical (unpaired) electrons. The van der Waals surface area contributed by atoms with E-state index in [9.17, 15) is 9.59 Å². The van der Waals surface area contributed by atoms with Gasteiger partial charge in [0.2, 0.25) is 5.91 Å². The van der Waals surface area contributed by atoms with Gasteiger partial charge in [-0.1, -0.05) is 26.8 Å². The number of rotatable bonds is 1. The lowest BCUT2D eigenvalue weighted by atomic mass is 9.95. The number of anilines is 1. The fraction of sp³-hybridized carbons (Fsp3) is 0.375. The summed E-state index contributed by atoms with van der Waals surface area (Å²) in [6.07, 6.45) is 0. The van der Waals surface area contributed by atoms with Crippen molar-refractivity contribution in [3.63, 3.8) is 0 Å². The smallest absolute Gasteiger partial charge is 0.229 e. The molecule has 0 aliphatic heterocycles. The number of nitrogens with one attached hydrogen (secondary N) is 1. The number of benzene rings is 1. The van der Waals surface area contributed by atoms with E-state index >= 15 is 0 Å². The standard InChI is InChI=1S/C16H19NO3/c1-9-10(2)20-12-8-6-7-11(13(12)14(9)18)17-15(19)16(3,4)5/h6-8H,1-5H3,(H,17,19). The first-order chi connectivity index (χ1) is 9.21. The molecule has 0 unspecified atom stereocenters. The number of aryl methyl sites for hydroxylation is 1. The van der Waals surface area contributed by atoms with Crippen LogP contribution < -0.4 is 10.7 Å². The van der Waals surface area contributed by atoms with E-state index in [1.165, 1.54) is 0 Å². The zero-order chi connectivity index (χ0) is 15.1. The molecule has 20 heavy (non-hydrogen) atoms. The topological polar surface area (TPSA) is 59.3 Å². The van der Waals surface area contributed by atoms with Gasteiger partial charge in [-0.15, -0.1) is 0 Å². The summed E-state index contributed by atoms with van der Waals surface area (Å²) in [5, 5.41) is 3.24. The minimum absolute atomic E-state index is 0.103. The molecular weight excluding hydrogens is 254 g/mol. The van der Waals surface area contributed by atoms with Crippen molar-refractivity contribution >= 4 is 22.6 Å². The first-order valence-corrected chi connectivity index (χ1v) is 6.56. The first kappa shape index (κ1) is 14.3. The highest BCUT2D eigenvalue weighted by Crippen LogP contribution is 2.24. The van der Waals surface area contributed by atoms with Crippen LogP contribution in [0.2, 0.25) is 0 Å². The first-order valence-electron chi connectivity index (χ1n) is 6.56. The third-order valence-corrected chi connectivity index (χ3v) is 3.31. The Morgan fingerprint density at radius 1 is 1.20 bits per heavy atom. The van der Waals surface area contributed by atoms with Crippen LogP contribution >= 0.6 is 0 Å². The lowest BCUT2D eigenvalue weighted by Crippen LogP contribution is -2.28. The van der Waals surface area contributed by atoms with Crippen molar-refractivity contribution in [3.05, 3.63) is 39.7 Å². The quantitative estimate of drug-likeness (QED) is 0.866. The second kappa shape index (κ2) is 4.78. The van der Waals surface area contributed by atoms with E-state index in [2.05, 4.69) is 5.32 Å². The van der Waals surface area contributed by atoms with Gasteiger partial charge in [-0.3, -0.25) is 9.59 Å². The number of hydrogen-bond donors (Lipinski definition) is 1. The Bertz CT molecular complexity index is 736. The molecule has 106 valence electrons. The van der Waals surface area contributed by atoms with Gasteiger partial charge < -0.3 is 9.73 Å². The summed E-state index contributed by atoms with van der Waals surface area (Å²) in [6, 6.07) is 5.21. The monoisotopic (exact) mass is 273 g/mol. The maximum atomic E-state index is 12.4. The van der Waals surface area contributed by atoms with Crippen molar-refractivity contribution in [1.82, 2.24) is 0 Å². The van der Waals surface area contributed by atoms with Gasteiger partial charge in [0.25, 0.3) is 0 Å². The van der Waals surface area contributed by atoms with Crippen LogP contribution in [0.15, 0.2) is 27.4 Å². The molecule has 1 amide bonds. The maximum absolute atomic E-state index is 12.4. The third kappa shape index (κ3) is 2.46. The van der Waals surface area contributed by atoms with Crippen LogP contribution in [0.4, 0.5) is 5.69 Å². The Labute approximate surface area is 117 Å². The van der Waals surface area contributed by atoms with E-state index in [1.54, 1.807) is 32.0 Å². The SMILES string of the molecule is Cc1oc2cccc(NC(=O)C(C)(C)C)c2c(=O)c1C. The number of fused-ring (bicyclic) bond motifs is 1. The summed E-state index contributed by atoms with van der Waals surface area (Å²) in [4.78, 5) is 24.5. The minimum Gasteiger partial charge on any atom is -0.461 e. The molecule has 0 saturated heterocycles. The second-order valence-electron chi connectivity index (χ2n) is 6.00. The molecule has 0 spiro atoms. The molecule has 0 aliphatic rings. The molecular formula is C16H19NO3. The van der Waals surface area contributed by atoms with Gasteiger partial charge in [-0.05, 0) is 26.0 Å². The Hall–Kier alpha value is -2.10. The molecule has 1 heterocycles. The molecule has 1 aromatic carbocycles. The molecule has 2 aromatic rings. The molecule has 4 heteroatoms. The number of carbonyl (C=O) groups is 1. The number of hydrogen-bond acceptors (Lipinski definition) is 3. The van der Waals surface area contributed by atoms with Crippen LogP contribution in [-0.2, 0) is 4.79 Å². The van der Waals surface area contributed by atoms with E-state index in [1.807, 2.05) is 20.8 Å². The average molecular weight is 273 g/mol. The van der Waals surface area contributed by atoms with Crippen LogP contribution in [0.25, 0.3) is 11.0 Å². The lowest BCUT2D eigenvalue weighted by molar-refractivity contribution is -0.123. The van der Waals surface area contributed by atoms with Crippen LogP contribution in [-0.4, -0.2) is 5.91 Å². The number of amides is 1. The Morgan fingerprint density at radius 3 is 2.45 bits per heavy atom. The Kier molecular flexibility index (Phi) is 3.42. The molecule has 1 N–H and O–H groups in total. The molecule has 0 atom stereocenters. The number of carbonyl (C=O) groups excluding carboxylic acids is 1. The van der Waals surface area contributed by atoms with Crippen LogP contribution in [0.5, 0.6) is 0 Å². The molecule has 0 bridgehead atoms. The lowest BCUT2D eigenvalue weighted by Gasteiger charge is -2.18. The predicted octanol–water partition coefficient (Wildman–Crippen LogP) is 3.39. The third-order valence-electron chi connectivity index (χ3n) is 3.31. The fourth-order valence-corrected chi connectivity index (χ4v) is 1.85. The maximum Gasteiger partial charge on any atom is 0.229 e. The summed E-state index contributed by atoms with van der Waals surface area (Å²) in [7, 11) is 0. The molecule has 4 nitrogen and oxygen atoms in total. The second-order valence-corrected chi connectivity index (χ2v) is 6.00.